The van der Waals surface area contributed by atoms with E-state index in [1.807, 2.05) is 0 Å². The minimum atomic E-state index is -3.62. The summed E-state index contributed by atoms with van der Waals surface area (Å²) in [6.07, 6.45) is 4.85. The molecule has 2 saturated carbocycles. The van der Waals surface area contributed by atoms with Crippen molar-refractivity contribution in [2.75, 3.05) is 11.4 Å². The van der Waals surface area contributed by atoms with Crippen LogP contribution in [-0.4, -0.2) is 27.4 Å². The first-order valence-corrected chi connectivity index (χ1v) is 10.8. The van der Waals surface area contributed by atoms with Gasteiger partial charge >= 0.3 is 0 Å². The maximum absolute atomic E-state index is 12.7. The summed E-state index contributed by atoms with van der Waals surface area (Å²) in [5, 5.41) is 3.16. The minimum absolute atomic E-state index is 0.0762. The SMILES string of the molecule is CN(c1ccc(C(=O)N[C@H]2C[C@H]3CC[C@H]2C3)cc1)S(=O)(=O)c1ccccc1. The van der Waals surface area contributed by atoms with Gasteiger partial charge in [0.1, 0.15) is 0 Å². The number of rotatable bonds is 5. The van der Waals surface area contributed by atoms with E-state index < -0.39 is 10.0 Å². The van der Waals surface area contributed by atoms with Crippen LogP contribution in [0.1, 0.15) is 36.0 Å². The molecule has 4 rings (SSSR count). The molecule has 2 aliphatic rings. The van der Waals surface area contributed by atoms with Crippen molar-refractivity contribution < 1.29 is 13.2 Å². The first kappa shape index (κ1) is 18.0. The molecular weight excluding hydrogens is 360 g/mol. The lowest BCUT2D eigenvalue weighted by atomic mass is 9.95. The van der Waals surface area contributed by atoms with Crippen LogP contribution < -0.4 is 9.62 Å². The number of nitrogens with one attached hydrogen (secondary N) is 1. The van der Waals surface area contributed by atoms with Gasteiger partial charge in [-0.05, 0) is 67.5 Å². The summed E-state index contributed by atoms with van der Waals surface area (Å²) in [4.78, 5) is 12.8. The maximum atomic E-state index is 12.7. The molecule has 2 aliphatic carbocycles. The number of carbonyl (C=O) groups is 1. The Kier molecular flexibility index (Phi) is 4.68. The molecule has 0 unspecified atom stereocenters. The molecule has 3 atom stereocenters. The third kappa shape index (κ3) is 3.46. The first-order valence-electron chi connectivity index (χ1n) is 9.40. The van der Waals surface area contributed by atoms with Crippen molar-refractivity contribution in [3.63, 3.8) is 0 Å². The summed E-state index contributed by atoms with van der Waals surface area (Å²) in [6, 6.07) is 15.3. The van der Waals surface area contributed by atoms with Crippen molar-refractivity contribution in [1.29, 1.82) is 0 Å². The zero-order chi connectivity index (χ0) is 19.0. The largest absolute Gasteiger partial charge is 0.349 e. The van der Waals surface area contributed by atoms with E-state index in [1.54, 1.807) is 54.6 Å². The normalized spacial score (nSPS) is 24.0. The van der Waals surface area contributed by atoms with Gasteiger partial charge in [-0.1, -0.05) is 24.6 Å². The van der Waals surface area contributed by atoms with Crippen LogP contribution in [0.3, 0.4) is 0 Å². The van der Waals surface area contributed by atoms with Crippen LogP contribution in [-0.2, 0) is 10.0 Å². The van der Waals surface area contributed by atoms with E-state index in [1.165, 1.54) is 30.6 Å². The van der Waals surface area contributed by atoms with Gasteiger partial charge < -0.3 is 5.32 Å². The summed E-state index contributed by atoms with van der Waals surface area (Å²) in [5.74, 6) is 1.33. The summed E-state index contributed by atoms with van der Waals surface area (Å²) in [6.45, 7) is 0. The second kappa shape index (κ2) is 7.00. The third-order valence-electron chi connectivity index (χ3n) is 5.95. The van der Waals surface area contributed by atoms with Crippen molar-refractivity contribution in [3.05, 3.63) is 60.2 Å². The molecule has 0 saturated heterocycles. The zero-order valence-electron chi connectivity index (χ0n) is 15.3. The van der Waals surface area contributed by atoms with Gasteiger partial charge in [-0.2, -0.15) is 0 Å². The Morgan fingerprint density at radius 2 is 1.70 bits per heavy atom. The van der Waals surface area contributed by atoms with Gasteiger partial charge in [0.15, 0.2) is 0 Å². The molecule has 0 aliphatic heterocycles. The highest BCUT2D eigenvalue weighted by Crippen LogP contribution is 2.44. The Hall–Kier alpha value is -2.34. The predicted octanol–water partition coefficient (Wildman–Crippen LogP) is 3.43. The van der Waals surface area contributed by atoms with Gasteiger partial charge in [-0.25, -0.2) is 8.42 Å². The lowest BCUT2D eigenvalue weighted by Crippen LogP contribution is -2.38. The van der Waals surface area contributed by atoms with Gasteiger partial charge in [-0.15, -0.1) is 0 Å². The van der Waals surface area contributed by atoms with Crippen molar-refractivity contribution in [2.45, 2.75) is 36.6 Å². The molecule has 0 spiro atoms. The molecule has 0 radical (unpaired) electrons. The van der Waals surface area contributed by atoms with Crippen LogP contribution in [0.5, 0.6) is 0 Å². The predicted molar refractivity (Wildman–Crippen MR) is 105 cm³/mol. The molecule has 1 amide bonds. The fraction of sp³-hybridized carbons (Fsp3) is 0.381. The zero-order valence-corrected chi connectivity index (χ0v) is 16.2. The lowest BCUT2D eigenvalue weighted by Gasteiger charge is -2.23. The van der Waals surface area contributed by atoms with E-state index in [0.29, 0.717) is 17.2 Å². The molecule has 1 N–H and O–H groups in total. The van der Waals surface area contributed by atoms with Gasteiger partial charge in [0.25, 0.3) is 15.9 Å². The molecule has 6 heteroatoms. The summed E-state index contributed by atoms with van der Waals surface area (Å²) in [7, 11) is -2.10. The van der Waals surface area contributed by atoms with E-state index in [2.05, 4.69) is 5.32 Å². The van der Waals surface area contributed by atoms with Crippen LogP contribution in [0.15, 0.2) is 59.5 Å². The highest BCUT2D eigenvalue weighted by atomic mass is 32.2. The Morgan fingerprint density at radius 1 is 1.00 bits per heavy atom. The smallest absolute Gasteiger partial charge is 0.264 e. The number of sulfonamides is 1. The van der Waals surface area contributed by atoms with Crippen LogP contribution in [0.4, 0.5) is 5.69 Å². The first-order chi connectivity index (χ1) is 12.9. The summed E-state index contributed by atoms with van der Waals surface area (Å²) >= 11 is 0. The number of amides is 1. The summed E-state index contributed by atoms with van der Waals surface area (Å²) < 4.78 is 26.6. The quantitative estimate of drug-likeness (QED) is 0.859. The second-order valence-electron chi connectivity index (χ2n) is 7.59. The van der Waals surface area contributed by atoms with E-state index in [0.717, 1.165) is 12.3 Å². The number of benzene rings is 2. The van der Waals surface area contributed by atoms with Crippen molar-refractivity contribution in [1.82, 2.24) is 5.32 Å². The molecule has 142 valence electrons. The van der Waals surface area contributed by atoms with Crippen LogP contribution in [0.2, 0.25) is 0 Å². The van der Waals surface area contributed by atoms with Gasteiger partial charge in [-0.3, -0.25) is 9.10 Å². The Bertz CT molecular complexity index is 926. The summed E-state index contributed by atoms with van der Waals surface area (Å²) in [5.41, 5.74) is 1.09. The molecule has 5 nitrogen and oxygen atoms in total. The monoisotopic (exact) mass is 384 g/mol. The van der Waals surface area contributed by atoms with Crippen molar-refractivity contribution in [3.8, 4) is 0 Å². The molecule has 2 aromatic carbocycles. The number of hydrogen-bond donors (Lipinski definition) is 1. The maximum Gasteiger partial charge on any atom is 0.264 e. The standard InChI is InChI=1S/C21H24N2O3S/c1-23(27(25,26)19-5-3-2-4-6-19)18-11-9-16(10-12-18)21(24)22-20-14-15-7-8-17(20)13-15/h2-6,9-12,15,17,20H,7-8,13-14H2,1H3,(H,22,24)/t15-,17-,20-/m0/s1. The fourth-order valence-electron chi connectivity index (χ4n) is 4.39. The van der Waals surface area contributed by atoms with Crippen LogP contribution in [0.25, 0.3) is 0 Å². The van der Waals surface area contributed by atoms with Crippen molar-refractivity contribution in [2.24, 2.45) is 11.8 Å². The van der Waals surface area contributed by atoms with Crippen LogP contribution in [0, 0.1) is 11.8 Å². The van der Waals surface area contributed by atoms with Gasteiger partial charge in [0.2, 0.25) is 0 Å². The lowest BCUT2D eigenvalue weighted by molar-refractivity contribution is 0.0923. The fourth-order valence-corrected chi connectivity index (χ4v) is 5.60. The van der Waals surface area contributed by atoms with Gasteiger partial charge in [0, 0.05) is 18.7 Å². The molecule has 2 fully saturated rings. The number of hydrogen-bond acceptors (Lipinski definition) is 3. The molecule has 2 bridgehead atoms. The van der Waals surface area contributed by atoms with E-state index in [9.17, 15) is 13.2 Å². The van der Waals surface area contributed by atoms with E-state index in [-0.39, 0.29) is 16.8 Å². The topological polar surface area (TPSA) is 66.5 Å². The second-order valence-corrected chi connectivity index (χ2v) is 9.56. The average molecular weight is 385 g/mol. The van der Waals surface area contributed by atoms with E-state index in [4.69, 9.17) is 0 Å². The molecule has 2 aromatic rings. The number of nitrogens with zero attached hydrogens (tertiary/aromatic N) is 1. The molecule has 0 aromatic heterocycles. The van der Waals surface area contributed by atoms with Crippen molar-refractivity contribution >= 4 is 21.6 Å². The van der Waals surface area contributed by atoms with Crippen LogP contribution >= 0.6 is 0 Å². The van der Waals surface area contributed by atoms with E-state index >= 15 is 0 Å². The number of carbonyl (C=O) groups excluding carboxylic acids is 1. The number of anilines is 1. The Labute approximate surface area is 160 Å². The third-order valence-corrected chi connectivity index (χ3v) is 7.75. The molecule has 27 heavy (non-hydrogen) atoms. The number of fused-ring (bicyclic) bond motifs is 2. The minimum Gasteiger partial charge on any atom is -0.349 e. The Morgan fingerprint density at radius 3 is 2.30 bits per heavy atom. The highest BCUT2D eigenvalue weighted by molar-refractivity contribution is 7.92. The van der Waals surface area contributed by atoms with Gasteiger partial charge in [0.05, 0.1) is 10.6 Å². The highest BCUT2D eigenvalue weighted by Gasteiger charge is 2.40. The molecular formula is C21H24N2O3S. The molecule has 0 heterocycles. The Balaban J connectivity index is 1.46. The average Bonchev–Trinajstić information content (AvgIpc) is 3.31.